The minimum Gasteiger partial charge on any atom is -0.507 e. The van der Waals surface area contributed by atoms with E-state index >= 15 is 0 Å². The largest absolute Gasteiger partial charge is 0.507 e. The summed E-state index contributed by atoms with van der Waals surface area (Å²) in [5, 5.41) is 20.7. The van der Waals surface area contributed by atoms with Gasteiger partial charge in [0.25, 0.3) is 0 Å². The first-order valence-corrected chi connectivity index (χ1v) is 10.2. The van der Waals surface area contributed by atoms with Gasteiger partial charge in [0.2, 0.25) is 0 Å². The highest BCUT2D eigenvalue weighted by atomic mass is 32.2. The fourth-order valence-corrected chi connectivity index (χ4v) is 6.56. The Morgan fingerprint density at radius 1 is 1.22 bits per heavy atom. The number of hydrogen-bond donors (Lipinski definition) is 2. The molecule has 3 aliphatic carbocycles. The SMILES string of the molecule is CCSc1cc2c(cc1O)CCC1C2CC[C@@]2(C)C1CC[C@@H]2O. The molecular weight excluding hydrogens is 304 g/mol. The smallest absolute Gasteiger partial charge is 0.129 e. The molecule has 0 radical (unpaired) electrons. The maximum Gasteiger partial charge on any atom is 0.129 e. The fraction of sp³-hybridized carbons (Fsp3) is 0.700. The van der Waals surface area contributed by atoms with E-state index in [1.165, 1.54) is 30.4 Å². The molecule has 1 aromatic rings. The molecule has 4 rings (SSSR count). The number of aliphatic hydroxyl groups is 1. The molecule has 0 heterocycles. The van der Waals surface area contributed by atoms with Crippen LogP contribution < -0.4 is 0 Å². The Morgan fingerprint density at radius 3 is 2.83 bits per heavy atom. The number of rotatable bonds is 2. The Balaban J connectivity index is 1.70. The third-order valence-electron chi connectivity index (χ3n) is 7.05. The Bertz CT molecular complexity index is 614. The summed E-state index contributed by atoms with van der Waals surface area (Å²) in [4.78, 5) is 1.05. The molecule has 2 fully saturated rings. The lowest BCUT2D eigenvalue weighted by atomic mass is 9.55. The van der Waals surface area contributed by atoms with Crippen LogP contribution in [0.2, 0.25) is 0 Å². The van der Waals surface area contributed by atoms with Gasteiger partial charge in [-0.25, -0.2) is 0 Å². The van der Waals surface area contributed by atoms with Gasteiger partial charge >= 0.3 is 0 Å². The summed E-state index contributed by atoms with van der Waals surface area (Å²) in [6.45, 7) is 4.47. The molecule has 0 spiro atoms. The van der Waals surface area contributed by atoms with Gasteiger partial charge in [0, 0.05) is 4.90 Å². The molecule has 3 unspecified atom stereocenters. The van der Waals surface area contributed by atoms with Crippen molar-refractivity contribution in [2.24, 2.45) is 17.3 Å². The molecule has 2 nitrogen and oxygen atoms in total. The lowest BCUT2D eigenvalue weighted by Gasteiger charge is -2.50. The number of benzene rings is 1. The molecule has 3 aliphatic rings. The Kier molecular flexibility index (Phi) is 3.92. The van der Waals surface area contributed by atoms with Crippen molar-refractivity contribution < 1.29 is 10.2 Å². The lowest BCUT2D eigenvalue weighted by molar-refractivity contribution is -0.0226. The second kappa shape index (κ2) is 5.70. The van der Waals surface area contributed by atoms with Gasteiger partial charge in [-0.3, -0.25) is 0 Å². The number of aliphatic hydroxyl groups excluding tert-OH is 1. The molecule has 0 bridgehead atoms. The van der Waals surface area contributed by atoms with Crippen LogP contribution in [0.15, 0.2) is 17.0 Å². The van der Waals surface area contributed by atoms with E-state index in [2.05, 4.69) is 19.9 Å². The van der Waals surface area contributed by atoms with Gasteiger partial charge in [-0.1, -0.05) is 13.8 Å². The van der Waals surface area contributed by atoms with E-state index in [1.54, 1.807) is 11.8 Å². The molecule has 0 aromatic heterocycles. The third-order valence-corrected chi connectivity index (χ3v) is 7.98. The zero-order valence-electron chi connectivity index (χ0n) is 14.2. The molecule has 2 N–H and O–H groups in total. The first kappa shape index (κ1) is 15.8. The predicted molar refractivity (Wildman–Crippen MR) is 95.1 cm³/mol. The highest BCUT2D eigenvalue weighted by molar-refractivity contribution is 7.99. The third kappa shape index (κ3) is 2.34. The summed E-state index contributed by atoms with van der Waals surface area (Å²) in [7, 11) is 0. The van der Waals surface area contributed by atoms with Crippen molar-refractivity contribution >= 4 is 11.8 Å². The van der Waals surface area contributed by atoms with E-state index in [0.717, 1.165) is 35.8 Å². The summed E-state index contributed by atoms with van der Waals surface area (Å²) in [6, 6.07) is 4.31. The van der Waals surface area contributed by atoms with E-state index < -0.39 is 0 Å². The average Bonchev–Trinajstić information content (AvgIpc) is 2.84. The standard InChI is InChI=1S/C20H28O2S/c1-3-23-18-11-15-12(10-17(18)21)4-5-14-13(15)8-9-20(2)16(14)6-7-19(20)22/h10-11,13-14,16,19,21-22H,3-9H2,1-2H3/t13?,14?,16?,19-,20-/m0/s1. The van der Waals surface area contributed by atoms with Gasteiger partial charge in [0.1, 0.15) is 5.75 Å². The normalized spacial score (nSPS) is 38.7. The van der Waals surface area contributed by atoms with Gasteiger partial charge in [-0.2, -0.15) is 0 Å². The zero-order valence-corrected chi connectivity index (χ0v) is 15.0. The molecule has 1 aromatic carbocycles. The highest BCUT2D eigenvalue weighted by Gasteiger charge is 2.54. The second-order valence-corrected chi connectivity index (χ2v) is 9.31. The van der Waals surface area contributed by atoms with Crippen molar-refractivity contribution in [3.63, 3.8) is 0 Å². The monoisotopic (exact) mass is 332 g/mol. The highest BCUT2D eigenvalue weighted by Crippen LogP contribution is 2.61. The maximum absolute atomic E-state index is 10.5. The number of phenolic OH excluding ortho intramolecular Hbond substituents is 1. The Morgan fingerprint density at radius 2 is 2.04 bits per heavy atom. The van der Waals surface area contributed by atoms with E-state index in [-0.39, 0.29) is 11.5 Å². The van der Waals surface area contributed by atoms with Crippen molar-refractivity contribution in [1.82, 2.24) is 0 Å². The van der Waals surface area contributed by atoms with Crippen LogP contribution in [0, 0.1) is 17.3 Å². The number of phenols is 1. The van der Waals surface area contributed by atoms with Crippen LogP contribution in [0.1, 0.15) is 63.0 Å². The topological polar surface area (TPSA) is 40.5 Å². The molecular formula is C20H28O2S. The van der Waals surface area contributed by atoms with Crippen LogP contribution in [0.4, 0.5) is 0 Å². The van der Waals surface area contributed by atoms with Crippen LogP contribution in [-0.2, 0) is 6.42 Å². The van der Waals surface area contributed by atoms with E-state index in [4.69, 9.17) is 0 Å². The zero-order chi connectivity index (χ0) is 16.2. The van der Waals surface area contributed by atoms with E-state index in [0.29, 0.717) is 17.6 Å². The van der Waals surface area contributed by atoms with Gasteiger partial charge in [-0.05, 0) is 90.7 Å². The summed E-state index contributed by atoms with van der Waals surface area (Å²) < 4.78 is 0. The van der Waals surface area contributed by atoms with E-state index in [1.807, 2.05) is 6.07 Å². The second-order valence-electron chi connectivity index (χ2n) is 8.00. The number of aryl methyl sites for hydroxylation is 1. The van der Waals surface area contributed by atoms with Crippen molar-refractivity contribution in [3.8, 4) is 5.75 Å². The molecule has 0 amide bonds. The molecule has 2 saturated carbocycles. The summed E-state index contributed by atoms with van der Waals surface area (Å²) in [6.07, 6.45) is 6.75. The number of fused-ring (bicyclic) bond motifs is 5. The number of aromatic hydroxyl groups is 1. The predicted octanol–water partition coefficient (Wildman–Crippen LogP) is 4.72. The molecule has 0 saturated heterocycles. The average molecular weight is 333 g/mol. The quantitative estimate of drug-likeness (QED) is 0.770. The van der Waals surface area contributed by atoms with Crippen molar-refractivity contribution in [2.45, 2.75) is 69.3 Å². The van der Waals surface area contributed by atoms with Crippen molar-refractivity contribution in [3.05, 3.63) is 23.3 Å². The summed E-state index contributed by atoms with van der Waals surface area (Å²) in [5.41, 5.74) is 3.01. The lowest BCUT2D eigenvalue weighted by Crippen LogP contribution is -2.43. The van der Waals surface area contributed by atoms with Crippen LogP contribution in [-0.4, -0.2) is 22.1 Å². The fourth-order valence-electron chi connectivity index (χ4n) is 5.83. The minimum absolute atomic E-state index is 0.0964. The van der Waals surface area contributed by atoms with Crippen molar-refractivity contribution in [1.29, 1.82) is 0 Å². The Hall–Kier alpha value is -0.670. The Labute approximate surface area is 143 Å². The molecule has 5 atom stereocenters. The summed E-state index contributed by atoms with van der Waals surface area (Å²) >= 11 is 1.74. The number of thioether (sulfide) groups is 1. The van der Waals surface area contributed by atoms with Gasteiger partial charge in [-0.15, -0.1) is 11.8 Å². The van der Waals surface area contributed by atoms with Crippen LogP contribution in [0.25, 0.3) is 0 Å². The first-order chi connectivity index (χ1) is 11.0. The van der Waals surface area contributed by atoms with Gasteiger partial charge in [0.15, 0.2) is 0 Å². The van der Waals surface area contributed by atoms with E-state index in [9.17, 15) is 10.2 Å². The number of hydrogen-bond acceptors (Lipinski definition) is 3. The van der Waals surface area contributed by atoms with Crippen molar-refractivity contribution in [2.75, 3.05) is 5.75 Å². The first-order valence-electron chi connectivity index (χ1n) is 9.21. The van der Waals surface area contributed by atoms with Crippen LogP contribution in [0.5, 0.6) is 5.75 Å². The van der Waals surface area contributed by atoms with Gasteiger partial charge < -0.3 is 10.2 Å². The van der Waals surface area contributed by atoms with Gasteiger partial charge in [0.05, 0.1) is 6.10 Å². The maximum atomic E-state index is 10.5. The minimum atomic E-state index is -0.0964. The molecule has 126 valence electrons. The van der Waals surface area contributed by atoms with Crippen LogP contribution in [0.3, 0.4) is 0 Å². The summed E-state index contributed by atoms with van der Waals surface area (Å²) in [5.74, 6) is 3.50. The van der Waals surface area contributed by atoms with Crippen LogP contribution >= 0.6 is 11.8 Å². The molecule has 0 aliphatic heterocycles. The molecule has 23 heavy (non-hydrogen) atoms. The molecule has 3 heteroatoms.